The highest BCUT2D eigenvalue weighted by Gasteiger charge is 2.40. The van der Waals surface area contributed by atoms with E-state index in [0.29, 0.717) is 36.9 Å². The van der Waals surface area contributed by atoms with Gasteiger partial charge >= 0.3 is 6.09 Å². The summed E-state index contributed by atoms with van der Waals surface area (Å²) in [5.74, 6) is 0.625. The van der Waals surface area contributed by atoms with Gasteiger partial charge < -0.3 is 20.1 Å². The van der Waals surface area contributed by atoms with Gasteiger partial charge in [0.2, 0.25) is 5.95 Å². The number of alkyl carbamates (subject to hydrolysis) is 1. The SMILES string of the molecule is COCc1cn2c(Nc3cc([C@H]4CC[C@@H](OC(=O)NC(C)C)[C@H]4F)[nH]n3)nc(C)cc2n1. The number of methoxy groups -OCH3 is 1. The van der Waals surface area contributed by atoms with E-state index >= 15 is 0 Å². The number of hydrogen-bond acceptors (Lipinski definition) is 7. The van der Waals surface area contributed by atoms with E-state index in [0.717, 1.165) is 17.0 Å². The fourth-order valence-corrected chi connectivity index (χ4v) is 3.95. The summed E-state index contributed by atoms with van der Waals surface area (Å²) < 4.78 is 27.2. The second-order valence-corrected chi connectivity index (χ2v) is 8.32. The van der Waals surface area contributed by atoms with Crippen LogP contribution in [0.2, 0.25) is 0 Å². The quantitative estimate of drug-likeness (QED) is 0.510. The van der Waals surface area contributed by atoms with E-state index < -0.39 is 24.3 Å². The number of nitrogens with one attached hydrogen (secondary N) is 3. The first-order valence-corrected chi connectivity index (χ1v) is 10.6. The summed E-state index contributed by atoms with van der Waals surface area (Å²) in [6.07, 6.45) is 0.174. The van der Waals surface area contributed by atoms with Crippen LogP contribution in [-0.2, 0) is 16.1 Å². The third kappa shape index (κ3) is 4.67. The molecule has 3 N–H and O–H groups in total. The van der Waals surface area contributed by atoms with Gasteiger partial charge in [-0.2, -0.15) is 5.10 Å². The third-order valence-corrected chi connectivity index (χ3v) is 5.33. The molecule has 1 amide bonds. The van der Waals surface area contributed by atoms with E-state index in [1.165, 1.54) is 0 Å². The molecule has 3 atom stereocenters. The number of halogens is 1. The van der Waals surface area contributed by atoms with Crippen molar-refractivity contribution >= 4 is 23.5 Å². The van der Waals surface area contributed by atoms with Gasteiger partial charge in [0, 0.05) is 48.8 Å². The van der Waals surface area contributed by atoms with Crippen molar-refractivity contribution in [2.45, 2.75) is 64.5 Å². The lowest BCUT2D eigenvalue weighted by Gasteiger charge is -2.18. The molecule has 3 heterocycles. The zero-order valence-electron chi connectivity index (χ0n) is 18.6. The van der Waals surface area contributed by atoms with Gasteiger partial charge in [-0.25, -0.2) is 19.2 Å². The number of carbonyl (C=O) groups is 1. The van der Waals surface area contributed by atoms with Crippen LogP contribution in [0.1, 0.15) is 49.7 Å². The Morgan fingerprint density at radius 1 is 1.34 bits per heavy atom. The molecular weight excluding hydrogens is 417 g/mol. The molecule has 1 aliphatic rings. The molecule has 0 aliphatic heterocycles. The van der Waals surface area contributed by atoms with Crippen molar-refractivity contribution in [3.8, 4) is 0 Å². The summed E-state index contributed by atoms with van der Waals surface area (Å²) in [4.78, 5) is 20.9. The number of alkyl halides is 1. The maximum absolute atomic E-state index is 15.0. The molecule has 0 spiro atoms. The summed E-state index contributed by atoms with van der Waals surface area (Å²) in [6, 6.07) is 3.57. The van der Waals surface area contributed by atoms with E-state index in [1.807, 2.05) is 37.4 Å². The molecule has 172 valence electrons. The first-order valence-electron chi connectivity index (χ1n) is 10.6. The van der Waals surface area contributed by atoms with Crippen LogP contribution in [0.25, 0.3) is 5.65 Å². The number of anilines is 2. The summed E-state index contributed by atoms with van der Waals surface area (Å²) in [5.41, 5.74) is 2.96. The molecule has 0 unspecified atom stereocenters. The summed E-state index contributed by atoms with van der Waals surface area (Å²) >= 11 is 0. The topological polar surface area (TPSA) is 118 Å². The Labute approximate surface area is 184 Å². The zero-order valence-corrected chi connectivity index (χ0v) is 18.6. The van der Waals surface area contributed by atoms with Crippen molar-refractivity contribution in [2.75, 3.05) is 12.4 Å². The number of aromatic nitrogens is 5. The molecule has 11 heteroatoms. The van der Waals surface area contributed by atoms with Crippen LogP contribution >= 0.6 is 0 Å². The minimum absolute atomic E-state index is 0.0678. The van der Waals surface area contributed by atoms with Crippen LogP contribution in [-0.4, -0.2) is 56.1 Å². The number of H-pyrrole nitrogens is 1. The van der Waals surface area contributed by atoms with Crippen molar-refractivity contribution in [2.24, 2.45) is 0 Å². The van der Waals surface area contributed by atoms with Gasteiger partial charge in [-0.15, -0.1) is 0 Å². The predicted octanol–water partition coefficient (Wildman–Crippen LogP) is 3.37. The molecule has 1 saturated carbocycles. The lowest BCUT2D eigenvalue weighted by molar-refractivity contribution is 0.0555. The highest BCUT2D eigenvalue weighted by molar-refractivity contribution is 5.67. The first-order chi connectivity index (χ1) is 15.3. The van der Waals surface area contributed by atoms with Gasteiger partial charge in [0.15, 0.2) is 5.82 Å². The number of rotatable bonds is 7. The van der Waals surface area contributed by atoms with E-state index in [4.69, 9.17) is 9.47 Å². The lowest BCUT2D eigenvalue weighted by atomic mass is 10.0. The molecule has 0 radical (unpaired) electrons. The number of nitrogens with zero attached hydrogens (tertiary/aromatic N) is 4. The number of aryl methyl sites for hydroxylation is 1. The van der Waals surface area contributed by atoms with Crippen molar-refractivity contribution in [3.63, 3.8) is 0 Å². The molecule has 1 fully saturated rings. The number of amides is 1. The van der Waals surface area contributed by atoms with Crippen molar-refractivity contribution in [3.05, 3.63) is 35.4 Å². The van der Waals surface area contributed by atoms with Crippen LogP contribution in [0.3, 0.4) is 0 Å². The molecule has 4 rings (SSSR count). The number of imidazole rings is 1. The Balaban J connectivity index is 1.47. The highest BCUT2D eigenvalue weighted by atomic mass is 19.1. The normalized spacial score (nSPS) is 20.8. The summed E-state index contributed by atoms with van der Waals surface area (Å²) in [7, 11) is 1.62. The van der Waals surface area contributed by atoms with Crippen molar-refractivity contribution in [1.29, 1.82) is 0 Å². The van der Waals surface area contributed by atoms with Gasteiger partial charge in [-0.1, -0.05) is 0 Å². The van der Waals surface area contributed by atoms with E-state index in [-0.39, 0.29) is 6.04 Å². The zero-order chi connectivity index (χ0) is 22.8. The van der Waals surface area contributed by atoms with Crippen LogP contribution in [0, 0.1) is 6.92 Å². The first kappa shape index (κ1) is 22.0. The number of fused-ring (bicyclic) bond motifs is 1. The monoisotopic (exact) mass is 445 g/mol. The molecule has 3 aromatic rings. The second-order valence-electron chi connectivity index (χ2n) is 8.32. The van der Waals surface area contributed by atoms with Crippen LogP contribution in [0.5, 0.6) is 0 Å². The predicted molar refractivity (Wildman–Crippen MR) is 116 cm³/mol. The van der Waals surface area contributed by atoms with Crippen molar-refractivity contribution in [1.82, 2.24) is 29.9 Å². The van der Waals surface area contributed by atoms with Gasteiger partial charge in [0.05, 0.1) is 12.3 Å². The van der Waals surface area contributed by atoms with Gasteiger partial charge in [0.25, 0.3) is 0 Å². The Morgan fingerprint density at radius 3 is 2.91 bits per heavy atom. The fourth-order valence-electron chi connectivity index (χ4n) is 3.95. The van der Waals surface area contributed by atoms with Crippen LogP contribution < -0.4 is 10.6 Å². The molecule has 1 aliphatic carbocycles. The maximum Gasteiger partial charge on any atom is 0.407 e. The van der Waals surface area contributed by atoms with E-state index in [2.05, 4.69) is 30.8 Å². The van der Waals surface area contributed by atoms with Crippen LogP contribution in [0.4, 0.5) is 21.0 Å². The standard InChI is InChI=1S/C21H28FN7O3/c1-11(2)23-21(30)32-16-6-5-14(19(16)22)15-8-17(28-27-15)26-20-24-12(3)7-18-25-13(10-31-4)9-29(18)20/h7-9,11,14,16,19H,5-6,10H2,1-4H3,(H,23,30)(H2,24,26,27,28)/t14-,16-,19+/m1/s1. The number of carbonyl (C=O) groups excluding carboxylic acids is 1. The molecule has 0 aromatic carbocycles. The highest BCUT2D eigenvalue weighted by Crippen LogP contribution is 2.38. The number of aromatic amines is 1. The van der Waals surface area contributed by atoms with E-state index in [9.17, 15) is 9.18 Å². The molecule has 3 aromatic heterocycles. The van der Waals surface area contributed by atoms with Gasteiger partial charge in [0.1, 0.15) is 17.9 Å². The van der Waals surface area contributed by atoms with Crippen molar-refractivity contribution < 1.29 is 18.7 Å². The van der Waals surface area contributed by atoms with E-state index in [1.54, 1.807) is 13.2 Å². The van der Waals surface area contributed by atoms with Gasteiger partial charge in [-0.05, 0) is 33.6 Å². The largest absolute Gasteiger partial charge is 0.443 e. The Kier molecular flexibility index (Phi) is 6.26. The molecular formula is C21H28FN7O3. The smallest absolute Gasteiger partial charge is 0.407 e. The average molecular weight is 445 g/mol. The summed E-state index contributed by atoms with van der Waals surface area (Å²) in [6.45, 7) is 5.92. The maximum atomic E-state index is 15.0. The molecule has 10 nitrogen and oxygen atoms in total. The van der Waals surface area contributed by atoms with Crippen LogP contribution in [0.15, 0.2) is 18.3 Å². The minimum Gasteiger partial charge on any atom is -0.443 e. The lowest BCUT2D eigenvalue weighted by Crippen LogP contribution is -2.36. The third-order valence-electron chi connectivity index (χ3n) is 5.33. The average Bonchev–Trinajstić information content (AvgIpc) is 3.41. The Hall–Kier alpha value is -3.21. The Morgan fingerprint density at radius 2 is 2.16 bits per heavy atom. The van der Waals surface area contributed by atoms with Gasteiger partial charge in [-0.3, -0.25) is 9.50 Å². The fraction of sp³-hybridized carbons (Fsp3) is 0.524. The number of hydrogen-bond donors (Lipinski definition) is 3. The Bertz CT molecular complexity index is 1100. The summed E-state index contributed by atoms with van der Waals surface area (Å²) in [5, 5.41) is 13.0. The second kappa shape index (κ2) is 9.11. The molecule has 0 saturated heterocycles. The molecule has 32 heavy (non-hydrogen) atoms. The minimum atomic E-state index is -1.31. The number of ether oxygens (including phenoxy) is 2. The molecule has 0 bridgehead atoms.